The number of benzene rings is 1. The van der Waals surface area contributed by atoms with Crippen molar-refractivity contribution in [3.63, 3.8) is 0 Å². The predicted octanol–water partition coefficient (Wildman–Crippen LogP) is 2.65. The normalized spacial score (nSPS) is 15.2. The minimum absolute atomic E-state index is 0. The molecule has 0 spiro atoms. The molecule has 0 saturated carbocycles. The third kappa shape index (κ3) is 5.02. The molecule has 0 radical (unpaired) electrons. The van der Waals surface area contributed by atoms with Crippen LogP contribution in [0.1, 0.15) is 25.7 Å². The minimum Gasteiger partial charge on any atom is -0.371 e. The van der Waals surface area contributed by atoms with Crippen molar-refractivity contribution in [2.45, 2.75) is 25.7 Å². The van der Waals surface area contributed by atoms with Gasteiger partial charge in [0.1, 0.15) is 0 Å². The van der Waals surface area contributed by atoms with Gasteiger partial charge in [-0.1, -0.05) is 18.9 Å². The van der Waals surface area contributed by atoms with Crippen molar-refractivity contribution in [3.8, 4) is 0 Å². The van der Waals surface area contributed by atoms with Gasteiger partial charge in [0.25, 0.3) is 0 Å². The van der Waals surface area contributed by atoms with Crippen LogP contribution in [0.4, 0.5) is 11.4 Å². The van der Waals surface area contributed by atoms with E-state index >= 15 is 0 Å². The molecule has 0 aliphatic carbocycles. The minimum atomic E-state index is -0.00415. The van der Waals surface area contributed by atoms with Crippen molar-refractivity contribution in [1.82, 2.24) is 5.32 Å². The Bertz CT molecular complexity index is 417. The van der Waals surface area contributed by atoms with Crippen LogP contribution in [0, 0.1) is 0 Å². The quantitative estimate of drug-likeness (QED) is 0.898. The average Bonchev–Trinajstić information content (AvgIpc) is 2.68. The molecule has 1 amide bonds. The van der Waals surface area contributed by atoms with Gasteiger partial charge in [-0.2, -0.15) is 0 Å². The fourth-order valence-electron chi connectivity index (χ4n) is 2.47. The van der Waals surface area contributed by atoms with E-state index in [0.717, 1.165) is 18.8 Å². The molecule has 112 valence electrons. The number of likely N-dealkylation sites (N-methyl/N-ethyl adjacent to an activating group) is 1. The summed E-state index contributed by atoms with van der Waals surface area (Å²) in [6.07, 6.45) is 5.18. The highest BCUT2D eigenvalue weighted by Gasteiger charge is 2.10. The molecule has 1 saturated heterocycles. The average molecular weight is 298 g/mol. The molecule has 1 aliphatic rings. The summed E-state index contributed by atoms with van der Waals surface area (Å²) < 4.78 is 0. The first kappa shape index (κ1) is 16.8. The van der Waals surface area contributed by atoms with E-state index in [1.807, 2.05) is 12.1 Å². The van der Waals surface area contributed by atoms with Crippen molar-refractivity contribution >= 4 is 29.7 Å². The molecular weight excluding hydrogens is 274 g/mol. The van der Waals surface area contributed by atoms with Gasteiger partial charge in [-0.25, -0.2) is 0 Å². The van der Waals surface area contributed by atoms with Gasteiger partial charge in [0.15, 0.2) is 0 Å². The van der Waals surface area contributed by atoms with Gasteiger partial charge in [-0.15, -0.1) is 12.4 Å². The first-order valence-corrected chi connectivity index (χ1v) is 7.09. The molecule has 0 bridgehead atoms. The molecule has 20 heavy (non-hydrogen) atoms. The molecule has 0 unspecified atom stereocenters. The van der Waals surface area contributed by atoms with Crippen LogP contribution < -0.4 is 15.5 Å². The summed E-state index contributed by atoms with van der Waals surface area (Å²) in [6, 6.07) is 8.14. The Balaban J connectivity index is 0.00000200. The lowest BCUT2D eigenvalue weighted by Gasteiger charge is -2.23. The summed E-state index contributed by atoms with van der Waals surface area (Å²) in [7, 11) is 1.77. The number of carbonyl (C=O) groups excluding carboxylic acids is 1. The summed E-state index contributed by atoms with van der Waals surface area (Å²) in [4.78, 5) is 14.0. The molecule has 0 atom stereocenters. The number of carbonyl (C=O) groups is 1. The molecule has 1 aromatic rings. The van der Waals surface area contributed by atoms with Crippen LogP contribution in [0.25, 0.3) is 0 Å². The monoisotopic (exact) mass is 297 g/mol. The van der Waals surface area contributed by atoms with E-state index in [9.17, 15) is 4.79 Å². The molecule has 4 nitrogen and oxygen atoms in total. The number of anilines is 2. The zero-order valence-electron chi connectivity index (χ0n) is 12.0. The summed E-state index contributed by atoms with van der Waals surface area (Å²) in [6.45, 7) is 2.58. The van der Waals surface area contributed by atoms with E-state index in [0.29, 0.717) is 6.54 Å². The van der Waals surface area contributed by atoms with Crippen molar-refractivity contribution in [1.29, 1.82) is 0 Å². The van der Waals surface area contributed by atoms with Crippen LogP contribution in [0.2, 0.25) is 0 Å². The molecule has 1 heterocycles. The lowest BCUT2D eigenvalue weighted by molar-refractivity contribution is -0.115. The second kappa shape index (κ2) is 8.82. The Morgan fingerprint density at radius 1 is 1.20 bits per heavy atom. The topological polar surface area (TPSA) is 44.4 Å². The molecule has 1 fully saturated rings. The summed E-state index contributed by atoms with van der Waals surface area (Å²) in [5.74, 6) is -0.00415. The molecular formula is C15H24ClN3O. The van der Waals surface area contributed by atoms with Crippen LogP contribution in [-0.2, 0) is 4.79 Å². The van der Waals surface area contributed by atoms with Crippen LogP contribution in [-0.4, -0.2) is 32.6 Å². The Morgan fingerprint density at radius 3 is 2.55 bits per heavy atom. The summed E-state index contributed by atoms with van der Waals surface area (Å²) in [5, 5.41) is 5.76. The second-order valence-corrected chi connectivity index (χ2v) is 5.03. The maximum atomic E-state index is 11.6. The number of nitrogens with one attached hydrogen (secondary N) is 2. The smallest absolute Gasteiger partial charge is 0.238 e. The van der Waals surface area contributed by atoms with E-state index in [-0.39, 0.29) is 18.3 Å². The second-order valence-electron chi connectivity index (χ2n) is 5.03. The first-order chi connectivity index (χ1) is 9.29. The van der Waals surface area contributed by atoms with Gasteiger partial charge in [0.2, 0.25) is 5.91 Å². The zero-order chi connectivity index (χ0) is 13.5. The highest BCUT2D eigenvalue weighted by Crippen LogP contribution is 2.22. The standard InChI is InChI=1S/C15H23N3O.ClH/c1-16-12-15(19)17-13-7-6-8-14(11-13)18-9-4-2-3-5-10-18;/h6-8,11,16H,2-5,9-10,12H2,1H3,(H,17,19);1H. The fourth-order valence-corrected chi connectivity index (χ4v) is 2.47. The lowest BCUT2D eigenvalue weighted by Crippen LogP contribution is -2.26. The van der Waals surface area contributed by atoms with Gasteiger partial charge in [0.05, 0.1) is 6.54 Å². The number of nitrogens with zero attached hydrogens (tertiary/aromatic N) is 1. The lowest BCUT2D eigenvalue weighted by atomic mass is 10.2. The predicted molar refractivity (Wildman–Crippen MR) is 86.9 cm³/mol. The van der Waals surface area contributed by atoms with Crippen LogP contribution in [0.15, 0.2) is 24.3 Å². The van der Waals surface area contributed by atoms with E-state index in [2.05, 4.69) is 27.7 Å². The SMILES string of the molecule is CNCC(=O)Nc1cccc(N2CCCCCC2)c1.Cl. The molecule has 2 N–H and O–H groups in total. The number of amides is 1. The van der Waals surface area contributed by atoms with Crippen LogP contribution in [0.3, 0.4) is 0 Å². The van der Waals surface area contributed by atoms with Crippen LogP contribution >= 0.6 is 12.4 Å². The van der Waals surface area contributed by atoms with Crippen molar-refractivity contribution < 1.29 is 4.79 Å². The highest BCUT2D eigenvalue weighted by molar-refractivity contribution is 5.92. The Labute approximate surface area is 127 Å². The maximum Gasteiger partial charge on any atom is 0.238 e. The molecule has 5 heteroatoms. The van der Waals surface area contributed by atoms with E-state index in [1.54, 1.807) is 7.05 Å². The fraction of sp³-hybridized carbons (Fsp3) is 0.533. The summed E-state index contributed by atoms with van der Waals surface area (Å²) >= 11 is 0. The third-order valence-corrected chi connectivity index (χ3v) is 3.44. The van der Waals surface area contributed by atoms with E-state index in [4.69, 9.17) is 0 Å². The van der Waals surface area contributed by atoms with Gasteiger partial charge in [-0.3, -0.25) is 4.79 Å². The number of rotatable bonds is 4. The highest BCUT2D eigenvalue weighted by atomic mass is 35.5. The van der Waals surface area contributed by atoms with E-state index < -0.39 is 0 Å². The third-order valence-electron chi connectivity index (χ3n) is 3.44. The molecule has 1 aliphatic heterocycles. The Kier molecular flexibility index (Phi) is 7.41. The molecule has 0 aromatic heterocycles. The zero-order valence-corrected chi connectivity index (χ0v) is 12.8. The largest absolute Gasteiger partial charge is 0.371 e. The van der Waals surface area contributed by atoms with Crippen molar-refractivity contribution in [3.05, 3.63) is 24.3 Å². The summed E-state index contributed by atoms with van der Waals surface area (Å²) in [5.41, 5.74) is 2.09. The first-order valence-electron chi connectivity index (χ1n) is 7.09. The van der Waals surface area contributed by atoms with Crippen LogP contribution in [0.5, 0.6) is 0 Å². The van der Waals surface area contributed by atoms with Crippen molar-refractivity contribution in [2.24, 2.45) is 0 Å². The molecule has 2 rings (SSSR count). The van der Waals surface area contributed by atoms with Gasteiger partial charge >= 0.3 is 0 Å². The number of hydrogen-bond acceptors (Lipinski definition) is 3. The van der Waals surface area contributed by atoms with Gasteiger partial charge < -0.3 is 15.5 Å². The Morgan fingerprint density at radius 2 is 1.90 bits per heavy atom. The number of hydrogen-bond donors (Lipinski definition) is 2. The Hall–Kier alpha value is -1.26. The van der Waals surface area contributed by atoms with Gasteiger partial charge in [0, 0.05) is 24.5 Å². The van der Waals surface area contributed by atoms with Crippen molar-refractivity contribution in [2.75, 3.05) is 36.9 Å². The van der Waals surface area contributed by atoms with E-state index in [1.165, 1.54) is 31.4 Å². The molecule has 1 aromatic carbocycles. The number of halogens is 1. The van der Waals surface area contributed by atoms with Gasteiger partial charge in [-0.05, 0) is 38.1 Å². The maximum absolute atomic E-state index is 11.6.